The number of ether oxygens (including phenoxy) is 1. The number of nitrogens with one attached hydrogen (secondary N) is 2. The normalized spacial score (nSPS) is 13.1. The molecule has 7 nitrogen and oxygen atoms in total. The highest BCUT2D eigenvalue weighted by molar-refractivity contribution is 5.79. The van der Waals surface area contributed by atoms with Crippen molar-refractivity contribution in [3.63, 3.8) is 0 Å². The SMILES string of the molecule is Cc1nnc(CNC(=NCc2ccccc2)NCCc2ccc3c(c2)CCO3)n1C. The van der Waals surface area contributed by atoms with E-state index in [9.17, 15) is 0 Å². The van der Waals surface area contributed by atoms with Gasteiger partial charge in [0.2, 0.25) is 0 Å². The second-order valence-electron chi connectivity index (χ2n) is 7.44. The van der Waals surface area contributed by atoms with E-state index < -0.39 is 0 Å². The molecule has 1 aromatic heterocycles. The molecule has 4 rings (SSSR count). The number of guanidine groups is 1. The van der Waals surface area contributed by atoms with Crippen LogP contribution in [0.15, 0.2) is 53.5 Å². The number of aromatic nitrogens is 3. The standard InChI is InChI=1S/C23H28N6O/c1-17-27-28-22(29(17)2)16-26-23(25-15-19-6-4-3-5-7-19)24-12-10-18-8-9-21-20(14-18)11-13-30-21/h3-9,14H,10-13,15-16H2,1-2H3,(H2,24,25,26). The van der Waals surface area contributed by atoms with Crippen LogP contribution in [-0.2, 0) is 33.0 Å². The van der Waals surface area contributed by atoms with Crippen molar-refractivity contribution in [1.82, 2.24) is 25.4 Å². The molecular weight excluding hydrogens is 376 g/mol. The molecule has 0 fully saturated rings. The van der Waals surface area contributed by atoms with Crippen molar-refractivity contribution in [2.45, 2.75) is 32.9 Å². The van der Waals surface area contributed by atoms with Crippen LogP contribution < -0.4 is 15.4 Å². The molecule has 0 atom stereocenters. The molecule has 1 aliphatic heterocycles. The third-order valence-corrected chi connectivity index (χ3v) is 5.32. The summed E-state index contributed by atoms with van der Waals surface area (Å²) in [5, 5.41) is 15.2. The maximum Gasteiger partial charge on any atom is 0.191 e. The lowest BCUT2D eigenvalue weighted by Crippen LogP contribution is -2.38. The molecule has 3 aromatic rings. The van der Waals surface area contributed by atoms with Crippen LogP contribution in [0.2, 0.25) is 0 Å². The van der Waals surface area contributed by atoms with Crippen LogP contribution in [0, 0.1) is 6.92 Å². The lowest BCUT2D eigenvalue weighted by atomic mass is 10.1. The predicted molar refractivity (Wildman–Crippen MR) is 118 cm³/mol. The number of nitrogens with zero attached hydrogens (tertiary/aromatic N) is 4. The van der Waals surface area contributed by atoms with Gasteiger partial charge in [-0.1, -0.05) is 42.5 Å². The number of hydrogen-bond acceptors (Lipinski definition) is 4. The Morgan fingerprint density at radius 2 is 1.97 bits per heavy atom. The highest BCUT2D eigenvalue weighted by Crippen LogP contribution is 2.25. The first-order valence-electron chi connectivity index (χ1n) is 10.3. The molecule has 1 aliphatic rings. The molecule has 0 saturated carbocycles. The second-order valence-corrected chi connectivity index (χ2v) is 7.44. The molecule has 0 spiro atoms. The topological polar surface area (TPSA) is 76.4 Å². The highest BCUT2D eigenvalue weighted by Gasteiger charge is 2.12. The molecule has 0 unspecified atom stereocenters. The Morgan fingerprint density at radius 1 is 1.10 bits per heavy atom. The fourth-order valence-electron chi connectivity index (χ4n) is 3.42. The second kappa shape index (κ2) is 9.43. The van der Waals surface area contributed by atoms with E-state index in [1.165, 1.54) is 16.7 Å². The molecule has 30 heavy (non-hydrogen) atoms. The number of benzene rings is 2. The first-order valence-corrected chi connectivity index (χ1v) is 10.3. The van der Waals surface area contributed by atoms with E-state index in [1.54, 1.807) is 0 Å². The van der Waals surface area contributed by atoms with Gasteiger partial charge in [-0.05, 0) is 36.1 Å². The van der Waals surface area contributed by atoms with E-state index in [-0.39, 0.29) is 0 Å². The quantitative estimate of drug-likeness (QED) is 0.468. The number of aliphatic imine (C=N–C) groups is 1. The summed E-state index contributed by atoms with van der Waals surface area (Å²) in [5.74, 6) is 3.56. The number of hydrogen-bond donors (Lipinski definition) is 2. The van der Waals surface area contributed by atoms with Gasteiger partial charge in [-0.15, -0.1) is 10.2 Å². The molecule has 0 saturated heterocycles. The molecule has 0 aliphatic carbocycles. The van der Waals surface area contributed by atoms with E-state index in [2.05, 4.69) is 51.2 Å². The summed E-state index contributed by atoms with van der Waals surface area (Å²) in [7, 11) is 1.97. The van der Waals surface area contributed by atoms with Gasteiger partial charge in [-0.3, -0.25) is 0 Å². The lowest BCUT2D eigenvalue weighted by Gasteiger charge is -2.13. The zero-order chi connectivity index (χ0) is 20.8. The van der Waals surface area contributed by atoms with Crippen LogP contribution in [0.4, 0.5) is 0 Å². The van der Waals surface area contributed by atoms with Crippen LogP contribution >= 0.6 is 0 Å². The lowest BCUT2D eigenvalue weighted by molar-refractivity contribution is 0.357. The molecule has 2 heterocycles. The molecule has 156 valence electrons. The Balaban J connectivity index is 1.38. The van der Waals surface area contributed by atoms with E-state index in [0.717, 1.165) is 49.4 Å². The number of rotatable bonds is 7. The summed E-state index contributed by atoms with van der Waals surface area (Å²) in [4.78, 5) is 4.75. The van der Waals surface area contributed by atoms with Crippen molar-refractivity contribution in [3.05, 3.63) is 76.9 Å². The summed E-state index contributed by atoms with van der Waals surface area (Å²) in [5.41, 5.74) is 3.78. The van der Waals surface area contributed by atoms with Crippen LogP contribution in [0.25, 0.3) is 0 Å². The van der Waals surface area contributed by atoms with Gasteiger partial charge in [0, 0.05) is 20.0 Å². The van der Waals surface area contributed by atoms with Gasteiger partial charge in [0.05, 0.1) is 19.7 Å². The van der Waals surface area contributed by atoms with Gasteiger partial charge in [-0.25, -0.2) is 4.99 Å². The van der Waals surface area contributed by atoms with Gasteiger partial charge >= 0.3 is 0 Å². The summed E-state index contributed by atoms with van der Waals surface area (Å²) in [6.45, 7) is 4.70. The first kappa shape index (κ1) is 19.9. The molecule has 0 amide bonds. The maximum absolute atomic E-state index is 5.60. The van der Waals surface area contributed by atoms with E-state index in [1.807, 2.05) is 36.7 Å². The summed E-state index contributed by atoms with van der Waals surface area (Å²) in [6.07, 6.45) is 1.92. The van der Waals surface area contributed by atoms with E-state index in [4.69, 9.17) is 9.73 Å². The maximum atomic E-state index is 5.60. The third kappa shape index (κ3) is 4.97. The Hall–Kier alpha value is -3.35. The minimum Gasteiger partial charge on any atom is -0.493 e. The summed E-state index contributed by atoms with van der Waals surface area (Å²) >= 11 is 0. The van der Waals surface area contributed by atoms with Crippen molar-refractivity contribution in [2.24, 2.45) is 12.0 Å². The third-order valence-electron chi connectivity index (χ3n) is 5.32. The first-order chi connectivity index (χ1) is 14.7. The Kier molecular flexibility index (Phi) is 6.27. The van der Waals surface area contributed by atoms with Crippen LogP contribution in [0.3, 0.4) is 0 Å². The molecule has 0 radical (unpaired) electrons. The van der Waals surface area contributed by atoms with Gasteiger partial charge in [0.15, 0.2) is 11.8 Å². The molecular formula is C23H28N6O. The number of fused-ring (bicyclic) bond motifs is 1. The Labute approximate surface area is 177 Å². The Bertz CT molecular complexity index is 1010. The average molecular weight is 405 g/mol. The number of aryl methyl sites for hydroxylation is 1. The van der Waals surface area contributed by atoms with Crippen molar-refractivity contribution >= 4 is 5.96 Å². The van der Waals surface area contributed by atoms with Gasteiger partial charge < -0.3 is 19.9 Å². The van der Waals surface area contributed by atoms with E-state index >= 15 is 0 Å². The minimum atomic E-state index is 0.564. The van der Waals surface area contributed by atoms with Crippen LogP contribution in [0.5, 0.6) is 5.75 Å². The predicted octanol–water partition coefficient (Wildman–Crippen LogP) is 2.54. The smallest absolute Gasteiger partial charge is 0.191 e. The fraction of sp³-hybridized carbons (Fsp3) is 0.348. The van der Waals surface area contributed by atoms with Crippen LogP contribution in [0.1, 0.15) is 28.3 Å². The molecule has 0 bridgehead atoms. The zero-order valence-corrected chi connectivity index (χ0v) is 17.6. The fourth-order valence-corrected chi connectivity index (χ4v) is 3.42. The monoisotopic (exact) mass is 404 g/mol. The van der Waals surface area contributed by atoms with Crippen molar-refractivity contribution in [1.29, 1.82) is 0 Å². The zero-order valence-electron chi connectivity index (χ0n) is 17.6. The highest BCUT2D eigenvalue weighted by atomic mass is 16.5. The van der Waals surface area contributed by atoms with Crippen molar-refractivity contribution in [2.75, 3.05) is 13.2 Å². The van der Waals surface area contributed by atoms with Crippen LogP contribution in [-0.4, -0.2) is 33.9 Å². The molecule has 2 aromatic carbocycles. The molecule has 2 N–H and O–H groups in total. The largest absolute Gasteiger partial charge is 0.493 e. The summed E-state index contributed by atoms with van der Waals surface area (Å²) in [6, 6.07) is 16.7. The summed E-state index contributed by atoms with van der Waals surface area (Å²) < 4.78 is 7.58. The van der Waals surface area contributed by atoms with Gasteiger partial charge in [0.1, 0.15) is 11.6 Å². The Morgan fingerprint density at radius 3 is 2.77 bits per heavy atom. The van der Waals surface area contributed by atoms with E-state index in [0.29, 0.717) is 13.1 Å². The molecule has 7 heteroatoms. The van der Waals surface area contributed by atoms with Crippen molar-refractivity contribution < 1.29 is 4.74 Å². The van der Waals surface area contributed by atoms with Gasteiger partial charge in [-0.2, -0.15) is 0 Å². The van der Waals surface area contributed by atoms with Gasteiger partial charge in [0.25, 0.3) is 0 Å². The minimum absolute atomic E-state index is 0.564. The average Bonchev–Trinajstić information content (AvgIpc) is 3.37. The van der Waals surface area contributed by atoms with Crippen molar-refractivity contribution in [3.8, 4) is 5.75 Å².